The van der Waals surface area contributed by atoms with Crippen molar-refractivity contribution in [2.24, 2.45) is 0 Å². The molecule has 1 aliphatic carbocycles. The van der Waals surface area contributed by atoms with Crippen LogP contribution in [0.25, 0.3) is 0 Å². The molecular formula is C8H15N2. The van der Waals surface area contributed by atoms with E-state index in [2.05, 4.69) is 17.1 Å². The van der Waals surface area contributed by atoms with Gasteiger partial charge < -0.3 is 10.6 Å². The van der Waals surface area contributed by atoms with Gasteiger partial charge in [0.05, 0.1) is 0 Å². The molecule has 0 spiro atoms. The molecule has 2 fully saturated rings. The monoisotopic (exact) mass is 139 g/mol. The second kappa shape index (κ2) is 2.89. The molecule has 1 aliphatic heterocycles. The summed E-state index contributed by atoms with van der Waals surface area (Å²) in [5, 5.41) is 7.03. The van der Waals surface area contributed by atoms with Gasteiger partial charge in [-0.15, -0.1) is 0 Å². The third-order valence-corrected chi connectivity index (χ3v) is 2.48. The van der Waals surface area contributed by atoms with Crippen molar-refractivity contribution in [1.29, 1.82) is 0 Å². The predicted molar refractivity (Wildman–Crippen MR) is 41.7 cm³/mol. The molecular weight excluding hydrogens is 124 g/mol. The molecule has 0 aromatic rings. The molecule has 2 rings (SSSR count). The van der Waals surface area contributed by atoms with Gasteiger partial charge in [0, 0.05) is 25.2 Å². The molecule has 0 amide bonds. The maximum Gasteiger partial charge on any atom is 0.0253 e. The van der Waals surface area contributed by atoms with Crippen LogP contribution in [0.1, 0.15) is 19.3 Å². The van der Waals surface area contributed by atoms with E-state index in [4.69, 9.17) is 0 Å². The van der Waals surface area contributed by atoms with Crippen LogP contribution >= 0.6 is 0 Å². The lowest BCUT2D eigenvalue weighted by Crippen LogP contribution is -2.57. The van der Waals surface area contributed by atoms with Crippen LogP contribution in [0.2, 0.25) is 0 Å². The van der Waals surface area contributed by atoms with Gasteiger partial charge in [0.1, 0.15) is 0 Å². The van der Waals surface area contributed by atoms with E-state index in [-0.39, 0.29) is 0 Å². The molecule has 2 N–H and O–H groups in total. The maximum absolute atomic E-state index is 3.53. The highest BCUT2D eigenvalue weighted by molar-refractivity contribution is 4.99. The highest BCUT2D eigenvalue weighted by Gasteiger charge is 2.26. The van der Waals surface area contributed by atoms with Crippen LogP contribution in [-0.2, 0) is 0 Å². The van der Waals surface area contributed by atoms with Crippen LogP contribution in [0.3, 0.4) is 0 Å². The number of hydrogen-bond acceptors (Lipinski definition) is 2. The highest BCUT2D eigenvalue weighted by Crippen LogP contribution is 2.18. The summed E-state index contributed by atoms with van der Waals surface area (Å²) in [5.41, 5.74) is 0. The van der Waals surface area contributed by atoms with Crippen LogP contribution in [0.15, 0.2) is 0 Å². The van der Waals surface area contributed by atoms with Crippen molar-refractivity contribution in [3.8, 4) is 0 Å². The van der Waals surface area contributed by atoms with E-state index in [1.807, 2.05) is 0 Å². The molecule has 2 nitrogen and oxygen atoms in total. The van der Waals surface area contributed by atoms with Crippen LogP contribution in [0.4, 0.5) is 0 Å². The third-order valence-electron chi connectivity index (χ3n) is 2.48. The Morgan fingerprint density at radius 3 is 3.00 bits per heavy atom. The zero-order valence-corrected chi connectivity index (χ0v) is 6.27. The van der Waals surface area contributed by atoms with Crippen molar-refractivity contribution >= 4 is 0 Å². The van der Waals surface area contributed by atoms with Gasteiger partial charge >= 0.3 is 0 Å². The topological polar surface area (TPSA) is 24.1 Å². The first-order valence-electron chi connectivity index (χ1n) is 4.27. The Balaban J connectivity index is 1.93. The molecule has 1 heterocycles. The zero-order chi connectivity index (χ0) is 6.81. The van der Waals surface area contributed by atoms with Gasteiger partial charge in [0.25, 0.3) is 0 Å². The summed E-state index contributed by atoms with van der Waals surface area (Å²) in [5.74, 6) is 0. The quantitative estimate of drug-likeness (QED) is 0.504. The predicted octanol–water partition coefficient (Wildman–Crippen LogP) is 0.305. The maximum atomic E-state index is 3.53. The van der Waals surface area contributed by atoms with E-state index in [1.165, 1.54) is 19.3 Å². The van der Waals surface area contributed by atoms with Crippen LogP contribution < -0.4 is 10.6 Å². The van der Waals surface area contributed by atoms with Gasteiger partial charge in [-0.05, 0) is 19.3 Å². The molecule has 2 unspecified atom stereocenters. The van der Waals surface area contributed by atoms with Crippen molar-refractivity contribution < 1.29 is 0 Å². The summed E-state index contributed by atoms with van der Waals surface area (Å²) < 4.78 is 0. The SMILES string of the molecule is [CH]1CCCC2NCCNC12. The number of nitrogens with one attached hydrogen (secondary N) is 2. The van der Waals surface area contributed by atoms with E-state index < -0.39 is 0 Å². The molecule has 1 saturated carbocycles. The minimum atomic E-state index is 0.669. The molecule has 0 aromatic heterocycles. The molecule has 0 bridgehead atoms. The van der Waals surface area contributed by atoms with E-state index in [9.17, 15) is 0 Å². The fourth-order valence-corrected chi connectivity index (χ4v) is 1.93. The molecule has 10 heavy (non-hydrogen) atoms. The first-order chi connectivity index (χ1) is 4.97. The lowest BCUT2D eigenvalue weighted by molar-refractivity contribution is 0.297. The lowest BCUT2D eigenvalue weighted by atomic mass is 9.89. The Labute approximate surface area is 62.4 Å². The number of piperazine rings is 1. The van der Waals surface area contributed by atoms with Gasteiger partial charge in [0.15, 0.2) is 0 Å². The second-order valence-electron chi connectivity index (χ2n) is 3.21. The summed E-state index contributed by atoms with van der Waals surface area (Å²) in [6, 6.07) is 1.41. The lowest BCUT2D eigenvalue weighted by Gasteiger charge is -2.36. The van der Waals surface area contributed by atoms with Crippen LogP contribution in [0, 0.1) is 6.42 Å². The van der Waals surface area contributed by atoms with E-state index in [0.717, 1.165) is 19.1 Å². The van der Waals surface area contributed by atoms with Crippen molar-refractivity contribution in [3.05, 3.63) is 6.42 Å². The fraction of sp³-hybridized carbons (Fsp3) is 0.875. The van der Waals surface area contributed by atoms with Crippen molar-refractivity contribution in [2.75, 3.05) is 13.1 Å². The van der Waals surface area contributed by atoms with Gasteiger partial charge in [-0.2, -0.15) is 0 Å². The van der Waals surface area contributed by atoms with E-state index >= 15 is 0 Å². The largest absolute Gasteiger partial charge is 0.311 e. The molecule has 0 aromatic carbocycles. The molecule has 2 atom stereocenters. The third kappa shape index (κ3) is 1.18. The summed E-state index contributed by atoms with van der Waals surface area (Å²) in [6.07, 6.45) is 6.44. The Morgan fingerprint density at radius 2 is 2.10 bits per heavy atom. The van der Waals surface area contributed by atoms with Crippen molar-refractivity contribution in [2.45, 2.75) is 31.3 Å². The van der Waals surface area contributed by atoms with Crippen LogP contribution in [-0.4, -0.2) is 25.2 Å². The molecule has 1 radical (unpaired) electrons. The minimum absolute atomic E-state index is 0.669. The Kier molecular flexibility index (Phi) is 1.91. The van der Waals surface area contributed by atoms with Crippen molar-refractivity contribution in [3.63, 3.8) is 0 Å². The molecule has 1 saturated heterocycles. The Morgan fingerprint density at radius 1 is 1.20 bits per heavy atom. The first-order valence-corrected chi connectivity index (χ1v) is 4.27. The van der Waals surface area contributed by atoms with Gasteiger partial charge in [-0.25, -0.2) is 0 Å². The summed E-state index contributed by atoms with van der Waals surface area (Å²) in [4.78, 5) is 0. The van der Waals surface area contributed by atoms with Crippen molar-refractivity contribution in [1.82, 2.24) is 10.6 Å². The zero-order valence-electron chi connectivity index (χ0n) is 6.27. The Hall–Kier alpha value is -0.0800. The Bertz CT molecular complexity index is 87.8. The average Bonchev–Trinajstić information content (AvgIpc) is 2.05. The fourth-order valence-electron chi connectivity index (χ4n) is 1.93. The minimum Gasteiger partial charge on any atom is -0.311 e. The average molecular weight is 139 g/mol. The summed E-state index contributed by atoms with van der Waals surface area (Å²) in [7, 11) is 0. The van der Waals surface area contributed by atoms with Gasteiger partial charge in [-0.3, -0.25) is 0 Å². The van der Waals surface area contributed by atoms with E-state index in [0.29, 0.717) is 6.04 Å². The molecule has 2 heteroatoms. The summed E-state index contributed by atoms with van der Waals surface area (Å²) in [6.45, 7) is 2.28. The van der Waals surface area contributed by atoms with Gasteiger partial charge in [0.2, 0.25) is 0 Å². The first kappa shape index (κ1) is 6.62. The van der Waals surface area contributed by atoms with Crippen LogP contribution in [0.5, 0.6) is 0 Å². The highest BCUT2D eigenvalue weighted by atomic mass is 15.1. The van der Waals surface area contributed by atoms with E-state index in [1.54, 1.807) is 0 Å². The number of fused-ring (bicyclic) bond motifs is 1. The normalized spacial score (nSPS) is 40.8. The summed E-state index contributed by atoms with van der Waals surface area (Å²) >= 11 is 0. The number of rotatable bonds is 0. The smallest absolute Gasteiger partial charge is 0.0253 e. The standard InChI is InChI=1S/C8H15N2/c1-2-4-8-7(3-1)9-5-6-10-8/h3,7-10H,1-2,4-6H2. The molecule has 2 aliphatic rings. The number of hydrogen-bond donors (Lipinski definition) is 2. The second-order valence-corrected chi connectivity index (χ2v) is 3.21. The molecule has 57 valence electrons. The van der Waals surface area contributed by atoms with Gasteiger partial charge in [-0.1, -0.05) is 6.42 Å².